The number of nitrogens with zero attached hydrogens (tertiary/aromatic N) is 1. The van der Waals surface area contributed by atoms with E-state index in [0.29, 0.717) is 24.9 Å². The van der Waals surface area contributed by atoms with Gasteiger partial charge in [-0.3, -0.25) is 4.79 Å². The molecule has 110 valence electrons. The quantitative estimate of drug-likeness (QED) is 0.839. The summed E-state index contributed by atoms with van der Waals surface area (Å²) < 4.78 is 28.3. The Morgan fingerprint density at radius 3 is 2.55 bits per heavy atom. The Hall–Kier alpha value is -1.24. The standard InChI is InChI=1S/C14H20N2O3S/c1-11(2)15-20(18,19)16-10-6-9-13(16)14(17)12-7-4-3-5-8-12/h3-5,7-8,11,13,15H,6,9-10H2,1-2H3. The van der Waals surface area contributed by atoms with Gasteiger partial charge in [-0.05, 0) is 26.7 Å². The van der Waals surface area contributed by atoms with Crippen LogP contribution in [-0.2, 0) is 10.2 Å². The molecule has 1 aromatic rings. The van der Waals surface area contributed by atoms with Gasteiger partial charge in [-0.15, -0.1) is 0 Å². The van der Waals surface area contributed by atoms with Gasteiger partial charge in [-0.25, -0.2) is 0 Å². The third-order valence-corrected chi connectivity index (χ3v) is 5.08. The number of Topliss-reactive ketones (excluding diaryl/α,β-unsaturated/α-hetero) is 1. The van der Waals surface area contributed by atoms with Gasteiger partial charge in [0.1, 0.15) is 0 Å². The molecule has 1 aliphatic heterocycles. The Bertz CT molecular complexity index is 569. The second-order valence-electron chi connectivity index (χ2n) is 5.28. The molecule has 1 fully saturated rings. The topological polar surface area (TPSA) is 66.5 Å². The van der Waals surface area contributed by atoms with E-state index in [1.54, 1.807) is 38.1 Å². The lowest BCUT2D eigenvalue weighted by atomic mass is 10.0. The van der Waals surface area contributed by atoms with E-state index < -0.39 is 16.3 Å². The zero-order chi connectivity index (χ0) is 14.8. The summed E-state index contributed by atoms with van der Waals surface area (Å²) in [6.07, 6.45) is 1.29. The van der Waals surface area contributed by atoms with Crippen LogP contribution in [0.2, 0.25) is 0 Å². The molecular formula is C14H20N2O3S. The van der Waals surface area contributed by atoms with Crippen molar-refractivity contribution in [3.63, 3.8) is 0 Å². The van der Waals surface area contributed by atoms with Crippen LogP contribution in [0.4, 0.5) is 0 Å². The van der Waals surface area contributed by atoms with Crippen molar-refractivity contribution >= 4 is 16.0 Å². The van der Waals surface area contributed by atoms with E-state index in [2.05, 4.69) is 4.72 Å². The van der Waals surface area contributed by atoms with Crippen molar-refractivity contribution in [3.8, 4) is 0 Å². The minimum Gasteiger partial charge on any atom is -0.292 e. The zero-order valence-electron chi connectivity index (χ0n) is 11.7. The van der Waals surface area contributed by atoms with Crippen LogP contribution in [0.3, 0.4) is 0 Å². The molecular weight excluding hydrogens is 276 g/mol. The van der Waals surface area contributed by atoms with Crippen molar-refractivity contribution in [2.24, 2.45) is 0 Å². The second kappa shape index (κ2) is 6.03. The maximum absolute atomic E-state index is 12.5. The summed E-state index contributed by atoms with van der Waals surface area (Å²) in [5.41, 5.74) is 0.559. The highest BCUT2D eigenvalue weighted by Gasteiger charge is 2.38. The first-order valence-corrected chi connectivity index (χ1v) is 8.24. The van der Waals surface area contributed by atoms with E-state index in [0.717, 1.165) is 0 Å². The number of carbonyl (C=O) groups excluding carboxylic acids is 1. The molecule has 5 nitrogen and oxygen atoms in total. The normalized spacial score (nSPS) is 20.4. The molecule has 1 aromatic carbocycles. The van der Waals surface area contributed by atoms with E-state index in [4.69, 9.17) is 0 Å². The Labute approximate surface area is 120 Å². The fourth-order valence-electron chi connectivity index (χ4n) is 2.45. The van der Waals surface area contributed by atoms with E-state index in [1.807, 2.05) is 6.07 Å². The van der Waals surface area contributed by atoms with Crippen molar-refractivity contribution in [1.82, 2.24) is 9.03 Å². The summed E-state index contributed by atoms with van der Waals surface area (Å²) in [7, 11) is -3.60. The van der Waals surface area contributed by atoms with Crippen LogP contribution in [0, 0.1) is 0 Å². The lowest BCUT2D eigenvalue weighted by molar-refractivity contribution is 0.0917. The predicted molar refractivity (Wildman–Crippen MR) is 77.7 cm³/mol. The van der Waals surface area contributed by atoms with Crippen LogP contribution >= 0.6 is 0 Å². The first kappa shape index (κ1) is 15.2. The monoisotopic (exact) mass is 296 g/mol. The lowest BCUT2D eigenvalue weighted by Gasteiger charge is -2.24. The fraction of sp³-hybridized carbons (Fsp3) is 0.500. The number of carbonyl (C=O) groups is 1. The van der Waals surface area contributed by atoms with Gasteiger partial charge in [-0.1, -0.05) is 30.3 Å². The van der Waals surface area contributed by atoms with Crippen molar-refractivity contribution in [2.45, 2.75) is 38.8 Å². The minimum atomic E-state index is -3.60. The van der Waals surface area contributed by atoms with Crippen LogP contribution in [0.15, 0.2) is 30.3 Å². The molecule has 1 atom stereocenters. The van der Waals surface area contributed by atoms with Gasteiger partial charge in [-0.2, -0.15) is 17.4 Å². The Balaban J connectivity index is 2.22. The smallest absolute Gasteiger partial charge is 0.280 e. The molecule has 1 aliphatic rings. The first-order chi connectivity index (χ1) is 9.42. The number of hydrogen-bond donors (Lipinski definition) is 1. The average Bonchev–Trinajstić information content (AvgIpc) is 2.87. The summed E-state index contributed by atoms with van der Waals surface area (Å²) >= 11 is 0. The Kier molecular flexibility index (Phi) is 4.57. The molecule has 6 heteroatoms. The highest BCUT2D eigenvalue weighted by atomic mass is 32.2. The lowest BCUT2D eigenvalue weighted by Crippen LogP contribution is -2.48. The highest BCUT2D eigenvalue weighted by Crippen LogP contribution is 2.23. The van der Waals surface area contributed by atoms with Gasteiger partial charge in [0.2, 0.25) is 0 Å². The van der Waals surface area contributed by atoms with Gasteiger partial charge < -0.3 is 0 Å². The van der Waals surface area contributed by atoms with Crippen molar-refractivity contribution in [2.75, 3.05) is 6.54 Å². The maximum atomic E-state index is 12.5. The molecule has 20 heavy (non-hydrogen) atoms. The van der Waals surface area contributed by atoms with Crippen LogP contribution < -0.4 is 4.72 Å². The van der Waals surface area contributed by atoms with Gasteiger partial charge in [0.05, 0.1) is 6.04 Å². The third-order valence-electron chi connectivity index (χ3n) is 3.26. The largest absolute Gasteiger partial charge is 0.292 e. The minimum absolute atomic E-state index is 0.128. The van der Waals surface area contributed by atoms with Gasteiger partial charge in [0.25, 0.3) is 10.2 Å². The Morgan fingerprint density at radius 2 is 1.95 bits per heavy atom. The molecule has 0 radical (unpaired) electrons. The molecule has 0 bridgehead atoms. The van der Waals surface area contributed by atoms with Crippen LogP contribution in [0.25, 0.3) is 0 Å². The summed E-state index contributed by atoms with van der Waals surface area (Å²) in [4.78, 5) is 12.5. The predicted octanol–water partition coefficient (Wildman–Crippen LogP) is 1.58. The summed E-state index contributed by atoms with van der Waals surface area (Å²) in [5, 5.41) is 0. The molecule has 0 aromatic heterocycles. The zero-order valence-corrected chi connectivity index (χ0v) is 12.6. The molecule has 1 heterocycles. The van der Waals surface area contributed by atoms with Crippen molar-refractivity contribution in [3.05, 3.63) is 35.9 Å². The molecule has 0 aliphatic carbocycles. The average molecular weight is 296 g/mol. The SMILES string of the molecule is CC(C)NS(=O)(=O)N1CCCC1C(=O)c1ccccc1. The molecule has 0 spiro atoms. The molecule has 0 saturated carbocycles. The summed E-state index contributed by atoms with van der Waals surface area (Å²) in [5.74, 6) is -0.128. The van der Waals surface area contributed by atoms with Crippen LogP contribution in [0.5, 0.6) is 0 Å². The second-order valence-corrected chi connectivity index (χ2v) is 6.93. The van der Waals surface area contributed by atoms with E-state index in [-0.39, 0.29) is 11.8 Å². The summed E-state index contributed by atoms with van der Waals surface area (Å²) in [6.45, 7) is 3.93. The summed E-state index contributed by atoms with van der Waals surface area (Å²) in [6, 6.07) is 8.07. The molecule has 1 unspecified atom stereocenters. The van der Waals surface area contributed by atoms with Gasteiger partial charge in [0, 0.05) is 18.2 Å². The molecule has 1 N–H and O–H groups in total. The third kappa shape index (κ3) is 3.26. The fourth-order valence-corrected chi connectivity index (χ4v) is 4.09. The molecule has 1 saturated heterocycles. The van der Waals surface area contributed by atoms with Crippen molar-refractivity contribution in [1.29, 1.82) is 0 Å². The Morgan fingerprint density at radius 1 is 1.30 bits per heavy atom. The number of nitrogens with one attached hydrogen (secondary N) is 1. The van der Waals surface area contributed by atoms with Gasteiger partial charge >= 0.3 is 0 Å². The van der Waals surface area contributed by atoms with Crippen LogP contribution in [-0.4, -0.2) is 37.1 Å². The number of rotatable bonds is 5. The van der Waals surface area contributed by atoms with Crippen molar-refractivity contribution < 1.29 is 13.2 Å². The van der Waals surface area contributed by atoms with Crippen LogP contribution in [0.1, 0.15) is 37.0 Å². The van der Waals surface area contributed by atoms with E-state index in [9.17, 15) is 13.2 Å². The van der Waals surface area contributed by atoms with E-state index in [1.165, 1.54) is 4.31 Å². The number of benzene rings is 1. The maximum Gasteiger partial charge on any atom is 0.280 e. The first-order valence-electron chi connectivity index (χ1n) is 6.80. The van der Waals surface area contributed by atoms with Gasteiger partial charge in [0.15, 0.2) is 5.78 Å². The van der Waals surface area contributed by atoms with E-state index >= 15 is 0 Å². The molecule has 0 amide bonds. The number of ketones is 1. The molecule has 2 rings (SSSR count). The number of hydrogen-bond acceptors (Lipinski definition) is 3. The highest BCUT2D eigenvalue weighted by molar-refractivity contribution is 7.87.